The molecule has 2 aromatic carbocycles. The summed E-state index contributed by atoms with van der Waals surface area (Å²) < 4.78 is 11.8. The van der Waals surface area contributed by atoms with Gasteiger partial charge >= 0.3 is 0 Å². The van der Waals surface area contributed by atoms with Crippen LogP contribution in [0.15, 0.2) is 47.4 Å². The second-order valence-corrected chi connectivity index (χ2v) is 17.9. The summed E-state index contributed by atoms with van der Waals surface area (Å²) >= 11 is 2.76. The number of hydrogen-bond donors (Lipinski definition) is 5. The van der Waals surface area contributed by atoms with Crippen LogP contribution in [-0.2, 0) is 30.8 Å². The first-order chi connectivity index (χ1) is 31.7. The van der Waals surface area contributed by atoms with Gasteiger partial charge in [0.2, 0.25) is 23.7 Å². The van der Waals surface area contributed by atoms with Gasteiger partial charge in [0.15, 0.2) is 0 Å². The van der Waals surface area contributed by atoms with Gasteiger partial charge in [0.25, 0.3) is 11.8 Å². The minimum Gasteiger partial charge on any atom is -0.491 e. The van der Waals surface area contributed by atoms with Crippen LogP contribution in [0, 0.1) is 13.8 Å². The zero-order valence-corrected chi connectivity index (χ0v) is 39.7. The van der Waals surface area contributed by atoms with E-state index in [0.29, 0.717) is 95.3 Å². The Bertz CT molecular complexity index is 2800. The maximum absolute atomic E-state index is 13.9. The third-order valence-corrected chi connectivity index (χ3v) is 13.1. The highest BCUT2D eigenvalue weighted by Gasteiger charge is 2.25. The molecular weight excluding hydrogens is 883 g/mol. The number of nitrogens with zero attached hydrogens (tertiary/aromatic N) is 9. The first-order valence-electron chi connectivity index (χ1n) is 22.0. The molecule has 7 N–H and O–H groups in total. The van der Waals surface area contributed by atoms with Gasteiger partial charge in [0, 0.05) is 69.2 Å². The molecule has 1 unspecified atom stereocenters. The molecule has 1 fully saturated rings. The van der Waals surface area contributed by atoms with Crippen molar-refractivity contribution < 1.29 is 29.0 Å². The SMILES string of the molecule is CCC(=O)N1CCN(CCCOc2cc(C(N)=O)cc3nc(NC(=O)c4sc(C)nc4CC)n(C/C=C/Cn4c(NC(=O)c5cc(C)nn5CC)nc5cc(C(N)O)cc(SC)c54)c23)CC1. The lowest BCUT2D eigenvalue weighted by molar-refractivity contribution is -0.132. The number of benzene rings is 2. The third-order valence-electron chi connectivity index (χ3n) is 11.4. The predicted molar refractivity (Wildman–Crippen MR) is 256 cm³/mol. The molecule has 1 saturated heterocycles. The first kappa shape index (κ1) is 47.8. The molecule has 7 rings (SSSR count). The minimum atomic E-state index is -1.23. The van der Waals surface area contributed by atoms with Gasteiger partial charge in [0.1, 0.15) is 28.1 Å². The number of ether oxygens (including phenoxy) is 1. The van der Waals surface area contributed by atoms with Crippen molar-refractivity contribution in [1.82, 2.24) is 43.7 Å². The number of primary amides is 1. The number of thiazole rings is 1. The van der Waals surface area contributed by atoms with Gasteiger partial charge < -0.3 is 35.3 Å². The molecule has 6 aromatic rings. The number of aryl methyl sites for hydroxylation is 4. The Morgan fingerprint density at radius 1 is 0.909 bits per heavy atom. The van der Waals surface area contributed by atoms with Crippen LogP contribution >= 0.6 is 23.1 Å². The molecule has 19 nitrogen and oxygen atoms in total. The molecule has 0 spiro atoms. The molecule has 0 saturated carbocycles. The van der Waals surface area contributed by atoms with E-state index < -0.39 is 12.1 Å². The van der Waals surface area contributed by atoms with E-state index in [9.17, 15) is 24.3 Å². The lowest BCUT2D eigenvalue weighted by Crippen LogP contribution is -2.48. The molecule has 0 radical (unpaired) electrons. The predicted octanol–water partition coefficient (Wildman–Crippen LogP) is 5.09. The number of aliphatic hydroxyl groups excluding tert-OH is 1. The number of nitrogens with two attached hydrogens (primary N) is 2. The Kier molecular flexibility index (Phi) is 15.2. The molecule has 1 aliphatic heterocycles. The number of aliphatic hydroxyl groups is 1. The largest absolute Gasteiger partial charge is 0.491 e. The molecule has 4 amide bonds. The van der Waals surface area contributed by atoms with E-state index in [0.717, 1.165) is 35.1 Å². The third kappa shape index (κ3) is 10.4. The lowest BCUT2D eigenvalue weighted by atomic mass is 10.1. The fraction of sp³-hybridized carbons (Fsp3) is 0.422. The van der Waals surface area contributed by atoms with Crippen LogP contribution in [-0.4, -0.2) is 118 Å². The van der Waals surface area contributed by atoms with Crippen LogP contribution in [0.3, 0.4) is 0 Å². The van der Waals surface area contributed by atoms with Crippen molar-refractivity contribution in [3.8, 4) is 5.75 Å². The van der Waals surface area contributed by atoms with Crippen LogP contribution < -0.4 is 26.8 Å². The molecular formula is C45H57N13O6S2. The number of aromatic nitrogens is 7. The number of amides is 4. The normalized spacial score (nSPS) is 13.8. The highest BCUT2D eigenvalue weighted by atomic mass is 32.2. The average molecular weight is 940 g/mol. The topological polar surface area (TPSA) is 247 Å². The molecule has 350 valence electrons. The number of nitrogens with one attached hydrogen (secondary N) is 2. The molecule has 1 aliphatic rings. The number of carbonyl (C=O) groups excluding carboxylic acids is 4. The number of thioether (sulfide) groups is 1. The Morgan fingerprint density at radius 3 is 2.20 bits per heavy atom. The van der Waals surface area contributed by atoms with E-state index in [1.54, 1.807) is 35.0 Å². The summed E-state index contributed by atoms with van der Waals surface area (Å²) in [5.74, 6) is -0.374. The van der Waals surface area contributed by atoms with Gasteiger partial charge in [-0.25, -0.2) is 15.0 Å². The van der Waals surface area contributed by atoms with Crippen LogP contribution in [0.2, 0.25) is 0 Å². The van der Waals surface area contributed by atoms with Gasteiger partial charge in [-0.05, 0) is 75.8 Å². The van der Waals surface area contributed by atoms with Crippen LogP contribution in [0.5, 0.6) is 5.75 Å². The molecule has 0 aliphatic carbocycles. The fourth-order valence-corrected chi connectivity index (χ4v) is 9.63. The second-order valence-electron chi connectivity index (χ2n) is 15.8. The van der Waals surface area contributed by atoms with Crippen LogP contribution in [0.4, 0.5) is 11.9 Å². The van der Waals surface area contributed by atoms with E-state index in [1.165, 1.54) is 23.1 Å². The Labute approximate surface area is 390 Å². The van der Waals surface area contributed by atoms with Crippen molar-refractivity contribution in [2.24, 2.45) is 11.5 Å². The number of carbonyl (C=O) groups is 4. The van der Waals surface area contributed by atoms with Crippen molar-refractivity contribution in [3.05, 3.63) is 80.6 Å². The summed E-state index contributed by atoms with van der Waals surface area (Å²) in [4.78, 5) is 72.2. The number of rotatable bonds is 19. The highest BCUT2D eigenvalue weighted by Crippen LogP contribution is 2.34. The van der Waals surface area contributed by atoms with Crippen LogP contribution in [0.1, 0.15) is 92.3 Å². The maximum Gasteiger partial charge on any atom is 0.276 e. The van der Waals surface area contributed by atoms with Crippen molar-refractivity contribution in [3.63, 3.8) is 0 Å². The van der Waals surface area contributed by atoms with E-state index in [4.69, 9.17) is 26.2 Å². The van der Waals surface area contributed by atoms with Gasteiger partial charge in [-0.1, -0.05) is 26.0 Å². The Balaban J connectivity index is 1.22. The highest BCUT2D eigenvalue weighted by molar-refractivity contribution is 7.98. The fourth-order valence-electron chi connectivity index (χ4n) is 8.06. The van der Waals surface area contributed by atoms with Gasteiger partial charge in [-0.2, -0.15) is 5.10 Å². The van der Waals surface area contributed by atoms with Gasteiger partial charge in [-0.15, -0.1) is 23.1 Å². The van der Waals surface area contributed by atoms with Crippen molar-refractivity contribution in [2.75, 3.05) is 56.2 Å². The summed E-state index contributed by atoms with van der Waals surface area (Å²) in [6, 6.07) is 8.41. The molecule has 0 bridgehead atoms. The summed E-state index contributed by atoms with van der Waals surface area (Å²) in [5.41, 5.74) is 16.4. The number of fused-ring (bicyclic) bond motifs is 2. The molecule has 5 heterocycles. The number of allylic oxidation sites excluding steroid dienone is 2. The van der Waals surface area contributed by atoms with E-state index in [-0.39, 0.29) is 48.3 Å². The average Bonchev–Trinajstić information content (AvgIpc) is 4.07. The molecule has 66 heavy (non-hydrogen) atoms. The monoisotopic (exact) mass is 939 g/mol. The number of piperazine rings is 1. The zero-order chi connectivity index (χ0) is 47.2. The zero-order valence-electron chi connectivity index (χ0n) is 38.1. The minimum absolute atomic E-state index is 0.162. The number of imidazole rings is 2. The standard InChI is InChI=1S/C45H57N13O6S2/c1-7-30-39(66-27(5)48-30)43(63)52-45-49-31-22-28(40(46)60)24-34(64-20-12-13-54-16-18-55(19-17-54)36(59)8-2)37(31)56(45)14-10-11-15-57-38-32(23-29(41(47)61)25-35(38)65-6)50-44(57)51-42(62)33-21-26(4)53-58(33)9-3/h10-11,21-25,41,61H,7-9,12-20,47H2,1-6H3,(H2,46,60)(H,49,52,63)(H,50,51,62)/b11-10+. The summed E-state index contributed by atoms with van der Waals surface area (Å²) in [6.45, 7) is 14.3. The summed E-state index contributed by atoms with van der Waals surface area (Å²) in [5, 5.41) is 21.5. The van der Waals surface area contributed by atoms with E-state index in [1.807, 2.05) is 67.1 Å². The van der Waals surface area contributed by atoms with E-state index >= 15 is 0 Å². The van der Waals surface area contributed by atoms with Crippen LogP contribution in [0.25, 0.3) is 22.1 Å². The first-order valence-corrected chi connectivity index (χ1v) is 24.0. The summed E-state index contributed by atoms with van der Waals surface area (Å²) in [7, 11) is 0. The molecule has 1 atom stereocenters. The van der Waals surface area contributed by atoms with Gasteiger partial charge in [0.05, 0.1) is 39.6 Å². The second kappa shape index (κ2) is 21.0. The van der Waals surface area contributed by atoms with Crippen molar-refractivity contribution in [2.45, 2.75) is 84.6 Å². The number of anilines is 2. The van der Waals surface area contributed by atoms with Gasteiger partial charge in [-0.3, -0.25) is 39.4 Å². The Hall–Kier alpha value is -6.13. The maximum atomic E-state index is 13.9. The smallest absolute Gasteiger partial charge is 0.276 e. The van der Waals surface area contributed by atoms with Crippen molar-refractivity contribution in [1.29, 1.82) is 0 Å². The quantitative estimate of drug-likeness (QED) is 0.0308. The molecule has 4 aromatic heterocycles. The van der Waals surface area contributed by atoms with Crippen molar-refractivity contribution >= 4 is 80.7 Å². The summed E-state index contributed by atoms with van der Waals surface area (Å²) in [6.07, 6.45) is 6.24. The molecule has 21 heteroatoms. The number of hydrogen-bond acceptors (Lipinski definition) is 14. The lowest BCUT2D eigenvalue weighted by Gasteiger charge is -2.34. The van der Waals surface area contributed by atoms with E-state index in [2.05, 4.69) is 25.6 Å². The Morgan fingerprint density at radius 2 is 1.58 bits per heavy atom.